The number of amides is 2. The fourth-order valence-electron chi connectivity index (χ4n) is 5.37. The van der Waals surface area contributed by atoms with Gasteiger partial charge in [0, 0.05) is 17.4 Å². The lowest BCUT2D eigenvalue weighted by atomic mass is 9.76. The van der Waals surface area contributed by atoms with Crippen LogP contribution in [-0.2, 0) is 20.7 Å². The molecule has 3 aliphatic heterocycles. The summed E-state index contributed by atoms with van der Waals surface area (Å²) in [5.41, 5.74) is 0.991. The number of rotatable bonds is 6. The van der Waals surface area contributed by atoms with E-state index < -0.39 is 29.5 Å². The Kier molecular flexibility index (Phi) is 3.92. The zero-order valence-electron chi connectivity index (χ0n) is 16.4. The minimum Gasteiger partial charge on any atom is -0.464 e. The number of fused-ring (bicyclic) bond motifs is 2. The highest BCUT2D eigenvalue weighted by molar-refractivity contribution is 6.28. The predicted octanol–water partition coefficient (Wildman–Crippen LogP) is 0.973. The highest BCUT2D eigenvalue weighted by Crippen LogP contribution is 2.53. The molecule has 4 aliphatic rings. The first kappa shape index (κ1) is 18.2. The molecule has 2 bridgehead atoms. The van der Waals surface area contributed by atoms with Gasteiger partial charge in [0.1, 0.15) is 11.2 Å². The number of nitrogens with one attached hydrogen (secondary N) is 1. The van der Waals surface area contributed by atoms with Gasteiger partial charge in [0.05, 0.1) is 30.7 Å². The fraction of sp³-hybridized carbons (Fsp3) is 0.455. The summed E-state index contributed by atoms with van der Waals surface area (Å²) in [5, 5.41) is 13.7. The van der Waals surface area contributed by atoms with Crippen LogP contribution in [0.2, 0.25) is 0 Å². The molecular formula is C22H22BN2O5. The lowest BCUT2D eigenvalue weighted by Gasteiger charge is -2.25. The van der Waals surface area contributed by atoms with E-state index in [4.69, 9.17) is 9.15 Å². The van der Waals surface area contributed by atoms with Crippen molar-refractivity contribution in [1.29, 1.82) is 0 Å². The fourth-order valence-corrected chi connectivity index (χ4v) is 5.37. The molecule has 7 nitrogen and oxygen atoms in total. The molecule has 3 fully saturated rings. The molecule has 1 spiro atoms. The van der Waals surface area contributed by atoms with Gasteiger partial charge in [0.25, 0.3) is 0 Å². The molecule has 5 atom stereocenters. The van der Waals surface area contributed by atoms with E-state index >= 15 is 0 Å². The Bertz CT molecular complexity index is 1060. The van der Waals surface area contributed by atoms with E-state index in [1.165, 1.54) is 0 Å². The summed E-state index contributed by atoms with van der Waals surface area (Å²) in [6, 6.07) is 7.95. The standard InChI is InChI=1S/C22H22BN2O5/c26-20(24-17(23-28)9-12-10-29-15-4-2-1-3-14(12)15)18-16-7-8-22(30-16)11-25(13-5-6-13)21(27)19(18)22/h1-4,7-8,10,13,16-19,28H,5-6,9,11H2,(H,24,26)/t16-,17+,18-,19?,22-/m1/s1. The molecule has 2 amide bonds. The van der Waals surface area contributed by atoms with Crippen molar-refractivity contribution in [1.82, 2.24) is 10.2 Å². The second kappa shape index (κ2) is 6.46. The van der Waals surface area contributed by atoms with Gasteiger partial charge in [-0.2, -0.15) is 0 Å². The summed E-state index contributed by atoms with van der Waals surface area (Å²) < 4.78 is 11.7. The van der Waals surface area contributed by atoms with E-state index in [1.54, 1.807) is 6.26 Å². The van der Waals surface area contributed by atoms with Gasteiger partial charge in [-0.1, -0.05) is 30.4 Å². The maximum atomic E-state index is 13.2. The summed E-state index contributed by atoms with van der Waals surface area (Å²) in [7, 11) is 0.992. The average Bonchev–Trinajstić information content (AvgIpc) is 3.14. The van der Waals surface area contributed by atoms with Gasteiger partial charge in [0.15, 0.2) is 0 Å². The molecule has 2 saturated heterocycles. The molecular weight excluding hydrogens is 383 g/mol. The minimum absolute atomic E-state index is 0.0230. The molecule has 30 heavy (non-hydrogen) atoms. The second-order valence-electron chi connectivity index (χ2n) is 8.82. The molecule has 1 aliphatic carbocycles. The third kappa shape index (κ3) is 2.60. The molecule has 4 heterocycles. The van der Waals surface area contributed by atoms with Crippen molar-refractivity contribution < 1.29 is 23.8 Å². The molecule has 1 radical (unpaired) electrons. The van der Waals surface area contributed by atoms with Crippen LogP contribution >= 0.6 is 0 Å². The Labute approximate surface area is 174 Å². The maximum absolute atomic E-state index is 13.2. The molecule has 2 N–H and O–H groups in total. The van der Waals surface area contributed by atoms with Crippen molar-refractivity contribution in [3.05, 3.63) is 48.2 Å². The SMILES string of the molecule is O=C(N[C@H]([B]O)Cc1coc2ccccc12)[C@H]1C2C(=O)N(C3CC3)C[C@]23C=C[C@H]1O3. The van der Waals surface area contributed by atoms with Crippen LogP contribution in [0, 0.1) is 11.8 Å². The Morgan fingerprint density at radius 3 is 3.00 bits per heavy atom. The Morgan fingerprint density at radius 1 is 1.37 bits per heavy atom. The van der Waals surface area contributed by atoms with Crippen molar-refractivity contribution in [2.45, 2.75) is 43.0 Å². The summed E-state index contributed by atoms with van der Waals surface area (Å²) in [4.78, 5) is 28.2. The van der Waals surface area contributed by atoms with Crippen LogP contribution in [0.15, 0.2) is 47.1 Å². The van der Waals surface area contributed by atoms with Gasteiger partial charge < -0.3 is 24.4 Å². The van der Waals surface area contributed by atoms with E-state index in [0.29, 0.717) is 19.0 Å². The van der Waals surface area contributed by atoms with Crippen LogP contribution in [0.3, 0.4) is 0 Å². The molecule has 1 saturated carbocycles. The number of hydrogen-bond donors (Lipinski definition) is 2. The number of ether oxygens (including phenoxy) is 1. The monoisotopic (exact) mass is 405 g/mol. The number of hydrogen-bond acceptors (Lipinski definition) is 5. The first-order valence-electron chi connectivity index (χ1n) is 10.5. The van der Waals surface area contributed by atoms with Crippen LogP contribution in [-0.4, -0.2) is 59.5 Å². The predicted molar refractivity (Wildman–Crippen MR) is 108 cm³/mol. The largest absolute Gasteiger partial charge is 0.464 e. The summed E-state index contributed by atoms with van der Waals surface area (Å²) in [6.07, 6.45) is 7.59. The third-order valence-electron chi connectivity index (χ3n) is 6.93. The van der Waals surface area contributed by atoms with Crippen LogP contribution in [0.4, 0.5) is 0 Å². The van der Waals surface area contributed by atoms with Crippen LogP contribution in [0.1, 0.15) is 18.4 Å². The van der Waals surface area contributed by atoms with E-state index in [1.807, 2.05) is 41.3 Å². The van der Waals surface area contributed by atoms with Crippen LogP contribution in [0.5, 0.6) is 0 Å². The number of benzene rings is 1. The molecule has 1 unspecified atom stereocenters. The molecule has 6 rings (SSSR count). The second-order valence-corrected chi connectivity index (χ2v) is 8.82. The lowest BCUT2D eigenvalue weighted by molar-refractivity contribution is -0.138. The topological polar surface area (TPSA) is 92.0 Å². The number of carbonyl (C=O) groups excluding carboxylic acids is 2. The van der Waals surface area contributed by atoms with E-state index in [2.05, 4.69) is 5.32 Å². The number of carbonyl (C=O) groups is 2. The van der Waals surface area contributed by atoms with E-state index in [-0.39, 0.29) is 11.8 Å². The Hall–Kier alpha value is -2.58. The summed E-state index contributed by atoms with van der Waals surface area (Å²) in [5.74, 6) is -1.88. The first-order valence-corrected chi connectivity index (χ1v) is 10.5. The summed E-state index contributed by atoms with van der Waals surface area (Å²) >= 11 is 0. The number of para-hydroxylation sites is 1. The lowest BCUT2D eigenvalue weighted by Crippen LogP contribution is -2.49. The van der Waals surface area contributed by atoms with Crippen molar-refractivity contribution in [2.24, 2.45) is 11.8 Å². The molecule has 1 aromatic heterocycles. The van der Waals surface area contributed by atoms with Gasteiger partial charge in [-0.3, -0.25) is 9.59 Å². The van der Waals surface area contributed by atoms with Gasteiger partial charge in [-0.05, 0) is 30.9 Å². The van der Waals surface area contributed by atoms with Crippen molar-refractivity contribution in [3.63, 3.8) is 0 Å². The van der Waals surface area contributed by atoms with Gasteiger partial charge in [0.2, 0.25) is 11.8 Å². The molecule has 8 heteroatoms. The van der Waals surface area contributed by atoms with E-state index in [9.17, 15) is 14.6 Å². The first-order chi connectivity index (χ1) is 14.6. The smallest absolute Gasteiger partial charge is 0.312 e. The van der Waals surface area contributed by atoms with Crippen molar-refractivity contribution in [2.75, 3.05) is 6.54 Å². The molecule has 2 aromatic rings. The zero-order chi connectivity index (χ0) is 20.5. The minimum atomic E-state index is -0.675. The zero-order valence-corrected chi connectivity index (χ0v) is 16.4. The number of furan rings is 1. The van der Waals surface area contributed by atoms with E-state index in [0.717, 1.165) is 36.9 Å². The maximum Gasteiger partial charge on any atom is 0.312 e. The van der Waals surface area contributed by atoms with Crippen LogP contribution in [0.25, 0.3) is 11.0 Å². The van der Waals surface area contributed by atoms with Crippen molar-refractivity contribution in [3.8, 4) is 0 Å². The highest BCUT2D eigenvalue weighted by atomic mass is 16.5. The number of nitrogens with zero attached hydrogens (tertiary/aromatic N) is 1. The molecule has 1 aromatic carbocycles. The van der Waals surface area contributed by atoms with Crippen LogP contribution < -0.4 is 5.32 Å². The summed E-state index contributed by atoms with van der Waals surface area (Å²) in [6.45, 7) is 0.536. The van der Waals surface area contributed by atoms with Gasteiger partial charge in [-0.15, -0.1) is 0 Å². The Balaban J connectivity index is 1.21. The normalized spacial score (nSPS) is 32.6. The van der Waals surface area contributed by atoms with Gasteiger partial charge >= 0.3 is 7.48 Å². The average molecular weight is 405 g/mol. The highest BCUT2D eigenvalue weighted by Gasteiger charge is 2.68. The third-order valence-corrected chi connectivity index (χ3v) is 6.93. The van der Waals surface area contributed by atoms with Gasteiger partial charge in [-0.25, -0.2) is 0 Å². The quantitative estimate of drug-likeness (QED) is 0.552. The molecule has 153 valence electrons. The van der Waals surface area contributed by atoms with Crippen molar-refractivity contribution >= 4 is 30.3 Å². The number of likely N-dealkylation sites (tertiary alicyclic amines) is 1. The Morgan fingerprint density at radius 2 is 2.20 bits per heavy atom.